The molecule has 3 heteroatoms. The van der Waals surface area contributed by atoms with E-state index in [1.165, 1.54) is 17.2 Å². The zero-order chi connectivity index (χ0) is 19.7. The minimum atomic E-state index is -0.252. The molecule has 0 atom stereocenters. The summed E-state index contributed by atoms with van der Waals surface area (Å²) < 4.78 is 20.2. The zero-order valence-corrected chi connectivity index (χ0v) is 16.3. The second-order valence-electron chi connectivity index (χ2n) is 7.34. The van der Waals surface area contributed by atoms with Crippen molar-refractivity contribution in [3.8, 4) is 5.75 Å². The van der Waals surface area contributed by atoms with Gasteiger partial charge in [-0.1, -0.05) is 35.9 Å². The van der Waals surface area contributed by atoms with Crippen LogP contribution in [0.1, 0.15) is 40.7 Å². The van der Waals surface area contributed by atoms with Crippen LogP contribution in [-0.2, 0) is 6.42 Å². The van der Waals surface area contributed by atoms with E-state index in [9.17, 15) is 0 Å². The summed E-state index contributed by atoms with van der Waals surface area (Å²) in [7, 11) is 1.55. The molecule has 0 unspecified atom stereocenters. The van der Waals surface area contributed by atoms with E-state index in [4.69, 9.17) is 10.5 Å². The lowest BCUT2D eigenvalue weighted by atomic mass is 9.87. The zero-order valence-electron chi connectivity index (χ0n) is 16.3. The molecule has 0 saturated carbocycles. The number of aryl methyl sites for hydroxylation is 2. The van der Waals surface area contributed by atoms with Crippen LogP contribution >= 0.6 is 0 Å². The maximum atomic E-state index is 15.0. The topological polar surface area (TPSA) is 35.2 Å². The lowest BCUT2D eigenvalue weighted by Gasteiger charge is -2.18. The Bertz CT molecular complexity index is 1050. The first-order valence-electron chi connectivity index (χ1n) is 9.59. The van der Waals surface area contributed by atoms with Gasteiger partial charge in [0.15, 0.2) is 0 Å². The number of halogens is 1. The highest BCUT2D eigenvalue weighted by Crippen LogP contribution is 2.41. The van der Waals surface area contributed by atoms with Crippen LogP contribution in [0, 0.1) is 12.7 Å². The van der Waals surface area contributed by atoms with E-state index in [2.05, 4.69) is 43.3 Å². The van der Waals surface area contributed by atoms with Crippen molar-refractivity contribution in [2.75, 3.05) is 12.8 Å². The predicted octanol–water partition coefficient (Wildman–Crippen LogP) is 6.02. The van der Waals surface area contributed by atoms with Gasteiger partial charge in [0.25, 0.3) is 0 Å². The first-order chi connectivity index (χ1) is 13.6. The smallest absolute Gasteiger partial charge is 0.134 e. The van der Waals surface area contributed by atoms with E-state index >= 15 is 4.39 Å². The third-order valence-electron chi connectivity index (χ3n) is 5.41. The van der Waals surface area contributed by atoms with Gasteiger partial charge in [-0.25, -0.2) is 4.39 Å². The van der Waals surface area contributed by atoms with Crippen LogP contribution in [0.25, 0.3) is 11.1 Å². The Morgan fingerprint density at radius 1 is 0.893 bits per heavy atom. The molecule has 1 aliphatic carbocycles. The van der Waals surface area contributed by atoms with Crippen molar-refractivity contribution in [3.05, 3.63) is 94.3 Å². The fourth-order valence-corrected chi connectivity index (χ4v) is 3.99. The molecule has 0 fully saturated rings. The van der Waals surface area contributed by atoms with Crippen LogP contribution in [0.3, 0.4) is 0 Å². The van der Waals surface area contributed by atoms with Gasteiger partial charge in [0.1, 0.15) is 11.6 Å². The number of benzene rings is 3. The lowest BCUT2D eigenvalue weighted by Crippen LogP contribution is -1.99. The third-order valence-corrected chi connectivity index (χ3v) is 5.41. The van der Waals surface area contributed by atoms with Gasteiger partial charge in [-0.2, -0.15) is 0 Å². The molecular formula is C25H24FNO. The summed E-state index contributed by atoms with van der Waals surface area (Å²) in [5.74, 6) is 0.276. The molecule has 0 amide bonds. The molecule has 0 spiro atoms. The van der Waals surface area contributed by atoms with Gasteiger partial charge in [-0.3, -0.25) is 0 Å². The van der Waals surface area contributed by atoms with Crippen molar-refractivity contribution in [2.24, 2.45) is 0 Å². The van der Waals surface area contributed by atoms with E-state index in [-0.39, 0.29) is 5.82 Å². The molecule has 4 rings (SSSR count). The molecule has 0 saturated heterocycles. The van der Waals surface area contributed by atoms with Crippen LogP contribution in [-0.4, -0.2) is 7.11 Å². The number of fused-ring (bicyclic) bond motifs is 1. The van der Waals surface area contributed by atoms with Gasteiger partial charge >= 0.3 is 0 Å². The predicted molar refractivity (Wildman–Crippen MR) is 114 cm³/mol. The Hall–Kier alpha value is -3.07. The molecule has 28 heavy (non-hydrogen) atoms. The van der Waals surface area contributed by atoms with Crippen LogP contribution in [0.15, 0.2) is 60.7 Å². The van der Waals surface area contributed by atoms with Crippen LogP contribution in [0.5, 0.6) is 5.75 Å². The van der Waals surface area contributed by atoms with Crippen molar-refractivity contribution < 1.29 is 9.13 Å². The molecule has 3 aromatic carbocycles. The first-order valence-corrected chi connectivity index (χ1v) is 9.59. The molecule has 1 aliphatic rings. The van der Waals surface area contributed by atoms with E-state index in [0.29, 0.717) is 11.3 Å². The number of allylic oxidation sites excluding steroid dienone is 1. The number of hydrogen-bond acceptors (Lipinski definition) is 2. The van der Waals surface area contributed by atoms with Gasteiger partial charge < -0.3 is 10.5 Å². The Morgan fingerprint density at radius 2 is 1.64 bits per heavy atom. The number of methoxy groups -OCH3 is 1. The van der Waals surface area contributed by atoms with E-state index in [1.807, 2.05) is 18.2 Å². The highest BCUT2D eigenvalue weighted by Gasteiger charge is 2.22. The third kappa shape index (κ3) is 3.40. The second-order valence-corrected chi connectivity index (χ2v) is 7.34. The van der Waals surface area contributed by atoms with E-state index in [0.717, 1.165) is 47.2 Å². The summed E-state index contributed by atoms with van der Waals surface area (Å²) in [6, 6.07) is 19.6. The number of nitrogens with two attached hydrogens (primary N) is 1. The Labute approximate surface area is 165 Å². The van der Waals surface area contributed by atoms with Gasteiger partial charge in [0.2, 0.25) is 0 Å². The van der Waals surface area contributed by atoms with Crippen LogP contribution in [0.2, 0.25) is 0 Å². The van der Waals surface area contributed by atoms with Crippen molar-refractivity contribution in [3.63, 3.8) is 0 Å². The van der Waals surface area contributed by atoms with Crippen molar-refractivity contribution in [2.45, 2.75) is 26.2 Å². The number of rotatable bonds is 3. The summed E-state index contributed by atoms with van der Waals surface area (Å²) >= 11 is 0. The summed E-state index contributed by atoms with van der Waals surface area (Å²) in [4.78, 5) is 0. The van der Waals surface area contributed by atoms with Crippen LogP contribution in [0.4, 0.5) is 10.1 Å². The molecule has 0 heterocycles. The standard InChI is InChI=1S/C25H24FNO/c1-16-6-8-17(9-7-16)25-21-12-10-19(27)14-18(21)4-3-5-23(25)22-13-11-20(28-2)15-24(22)26/h6-15H,3-5,27H2,1-2H3. The number of nitrogen functional groups attached to an aromatic ring is 1. The lowest BCUT2D eigenvalue weighted by molar-refractivity contribution is 0.411. The Balaban J connectivity index is 2.00. The van der Waals surface area contributed by atoms with Crippen molar-refractivity contribution >= 4 is 16.8 Å². The highest BCUT2D eigenvalue weighted by atomic mass is 19.1. The Kier molecular flexibility index (Phi) is 4.91. The van der Waals surface area contributed by atoms with E-state index in [1.54, 1.807) is 7.11 Å². The molecule has 0 radical (unpaired) electrons. The largest absolute Gasteiger partial charge is 0.497 e. The Morgan fingerprint density at radius 3 is 2.36 bits per heavy atom. The second kappa shape index (κ2) is 7.51. The van der Waals surface area contributed by atoms with Gasteiger partial charge in [0, 0.05) is 17.3 Å². The molecule has 0 aromatic heterocycles. The molecule has 2 nitrogen and oxygen atoms in total. The first kappa shape index (κ1) is 18.3. The average molecular weight is 373 g/mol. The fraction of sp³-hybridized carbons (Fsp3) is 0.200. The quantitative estimate of drug-likeness (QED) is 0.570. The van der Waals surface area contributed by atoms with Crippen molar-refractivity contribution in [1.82, 2.24) is 0 Å². The van der Waals surface area contributed by atoms with Crippen molar-refractivity contribution in [1.29, 1.82) is 0 Å². The number of ether oxygens (including phenoxy) is 1. The minimum Gasteiger partial charge on any atom is -0.497 e. The van der Waals surface area contributed by atoms with Gasteiger partial charge in [-0.15, -0.1) is 0 Å². The average Bonchev–Trinajstić information content (AvgIpc) is 2.87. The summed E-state index contributed by atoms with van der Waals surface area (Å²) in [5, 5.41) is 0. The molecular weight excluding hydrogens is 349 g/mol. The summed E-state index contributed by atoms with van der Waals surface area (Å²) in [5.41, 5.74) is 14.2. The highest BCUT2D eigenvalue weighted by molar-refractivity contribution is 6.00. The number of hydrogen-bond donors (Lipinski definition) is 1. The minimum absolute atomic E-state index is 0.252. The maximum Gasteiger partial charge on any atom is 0.134 e. The van der Waals surface area contributed by atoms with Gasteiger partial charge in [0.05, 0.1) is 7.11 Å². The molecule has 142 valence electrons. The van der Waals surface area contributed by atoms with Crippen LogP contribution < -0.4 is 10.5 Å². The fourth-order valence-electron chi connectivity index (χ4n) is 3.99. The maximum absolute atomic E-state index is 15.0. The molecule has 2 N–H and O–H groups in total. The molecule has 0 aliphatic heterocycles. The summed E-state index contributed by atoms with van der Waals surface area (Å²) in [6.45, 7) is 2.07. The van der Waals surface area contributed by atoms with Gasteiger partial charge in [-0.05, 0) is 78.3 Å². The SMILES string of the molecule is COc1ccc(C2=C(c3ccc(C)cc3)c3ccc(N)cc3CCC2)c(F)c1. The van der Waals surface area contributed by atoms with E-state index < -0.39 is 0 Å². The monoisotopic (exact) mass is 373 g/mol. The normalized spacial score (nSPS) is 13.8. The molecule has 0 bridgehead atoms. The number of anilines is 1. The summed E-state index contributed by atoms with van der Waals surface area (Å²) in [6.07, 6.45) is 2.69. The molecule has 3 aromatic rings.